The number of hydrogen-bond acceptors (Lipinski definition) is 2. The van der Waals surface area contributed by atoms with Crippen molar-refractivity contribution >= 4 is 54.5 Å². The lowest BCUT2D eigenvalue weighted by Gasteiger charge is -2.18. The molecule has 42 heavy (non-hydrogen) atoms. The lowest BCUT2D eigenvalue weighted by Crippen LogP contribution is -1.90. The third-order valence-corrected chi connectivity index (χ3v) is 8.57. The van der Waals surface area contributed by atoms with E-state index in [9.17, 15) is 0 Å². The van der Waals surface area contributed by atoms with Crippen molar-refractivity contribution in [3.05, 3.63) is 146 Å². The van der Waals surface area contributed by atoms with E-state index in [1.54, 1.807) is 6.26 Å². The summed E-state index contributed by atoms with van der Waals surface area (Å²) in [6.45, 7) is 0. The molecule has 0 aliphatic rings. The highest BCUT2D eigenvalue weighted by Gasteiger charge is 2.18. The number of benzene rings is 7. The molecule has 0 fully saturated rings. The van der Waals surface area contributed by atoms with Crippen LogP contribution in [-0.2, 0) is 0 Å². The van der Waals surface area contributed by atoms with Crippen LogP contribution in [0.5, 0.6) is 0 Å². The summed E-state index contributed by atoms with van der Waals surface area (Å²) in [6.07, 6.45) is 1.75. The van der Waals surface area contributed by atoms with Gasteiger partial charge in [0.15, 0.2) is 0 Å². The number of hydrogen-bond donors (Lipinski definition) is 0. The molecule has 0 unspecified atom stereocenters. The maximum atomic E-state index is 6.29. The van der Waals surface area contributed by atoms with Gasteiger partial charge in [0.25, 0.3) is 0 Å². The first-order valence-electron chi connectivity index (χ1n) is 14.3. The summed E-state index contributed by atoms with van der Waals surface area (Å²) in [5.41, 5.74) is 9.92. The molecule has 0 saturated heterocycles. The number of rotatable bonds is 3. The molecule has 2 aromatic heterocycles. The maximum Gasteiger partial charge on any atom is 0.136 e. The van der Waals surface area contributed by atoms with E-state index >= 15 is 0 Å². The predicted octanol–water partition coefficient (Wildman–Crippen LogP) is 11.6. The second-order valence-corrected chi connectivity index (χ2v) is 10.8. The molecule has 9 aromatic rings. The van der Waals surface area contributed by atoms with E-state index < -0.39 is 0 Å². The van der Waals surface area contributed by atoms with Gasteiger partial charge in [0.05, 0.1) is 6.26 Å². The SMILES string of the molecule is c1ccc(-c2c3ccccc3c(-c3ccc(-c4cccc5oc6ccc7occc7c6c45)cc3)c3ccccc23)cc1. The topological polar surface area (TPSA) is 26.3 Å². The van der Waals surface area contributed by atoms with Crippen LogP contribution in [0.3, 0.4) is 0 Å². The smallest absolute Gasteiger partial charge is 0.136 e. The van der Waals surface area contributed by atoms with Gasteiger partial charge in [0.1, 0.15) is 16.7 Å². The largest absolute Gasteiger partial charge is 0.464 e. The third kappa shape index (κ3) is 3.33. The molecule has 0 spiro atoms. The van der Waals surface area contributed by atoms with Gasteiger partial charge in [-0.3, -0.25) is 0 Å². The van der Waals surface area contributed by atoms with E-state index in [1.165, 1.54) is 43.8 Å². The molecular formula is C40H24O2. The average Bonchev–Trinajstić information content (AvgIpc) is 3.68. The van der Waals surface area contributed by atoms with Crippen LogP contribution in [0.4, 0.5) is 0 Å². The van der Waals surface area contributed by atoms with E-state index in [0.29, 0.717) is 0 Å². The Bertz CT molecular complexity index is 2380. The van der Waals surface area contributed by atoms with Gasteiger partial charge in [-0.05, 0) is 79.2 Å². The van der Waals surface area contributed by atoms with Gasteiger partial charge >= 0.3 is 0 Å². The first-order valence-corrected chi connectivity index (χ1v) is 14.3. The normalized spacial score (nSPS) is 11.8. The second kappa shape index (κ2) is 8.95. The fourth-order valence-electron chi connectivity index (χ4n) is 6.77. The van der Waals surface area contributed by atoms with Gasteiger partial charge < -0.3 is 8.83 Å². The summed E-state index contributed by atoms with van der Waals surface area (Å²) < 4.78 is 12.0. The Morgan fingerprint density at radius 1 is 0.333 bits per heavy atom. The summed E-state index contributed by atoms with van der Waals surface area (Å²) in [4.78, 5) is 0. The van der Waals surface area contributed by atoms with Gasteiger partial charge in [-0.1, -0.05) is 115 Å². The van der Waals surface area contributed by atoms with Crippen molar-refractivity contribution in [3.8, 4) is 33.4 Å². The van der Waals surface area contributed by atoms with E-state index in [0.717, 1.165) is 44.0 Å². The van der Waals surface area contributed by atoms with E-state index in [4.69, 9.17) is 8.83 Å². The Hall–Kier alpha value is -5.60. The molecule has 2 heteroatoms. The minimum absolute atomic E-state index is 0.869. The highest BCUT2D eigenvalue weighted by atomic mass is 16.3. The lowest BCUT2D eigenvalue weighted by atomic mass is 9.85. The molecular weight excluding hydrogens is 512 g/mol. The molecule has 0 saturated carbocycles. The third-order valence-electron chi connectivity index (χ3n) is 8.57. The zero-order valence-electron chi connectivity index (χ0n) is 22.7. The van der Waals surface area contributed by atoms with Crippen LogP contribution in [0.1, 0.15) is 0 Å². The summed E-state index contributed by atoms with van der Waals surface area (Å²) in [5.74, 6) is 0. The van der Waals surface area contributed by atoms with Crippen LogP contribution in [-0.4, -0.2) is 0 Å². The van der Waals surface area contributed by atoms with E-state index in [-0.39, 0.29) is 0 Å². The molecule has 0 N–H and O–H groups in total. The van der Waals surface area contributed by atoms with Crippen molar-refractivity contribution in [2.24, 2.45) is 0 Å². The quantitative estimate of drug-likeness (QED) is 0.210. The Morgan fingerprint density at radius 2 is 0.881 bits per heavy atom. The monoisotopic (exact) mass is 536 g/mol. The molecule has 0 aliphatic heterocycles. The van der Waals surface area contributed by atoms with Crippen LogP contribution in [0, 0.1) is 0 Å². The Labute approximate surface area is 242 Å². The van der Waals surface area contributed by atoms with E-state index in [1.807, 2.05) is 24.3 Å². The zero-order chi connectivity index (χ0) is 27.6. The minimum Gasteiger partial charge on any atom is -0.464 e. The first-order chi connectivity index (χ1) is 20.8. The highest BCUT2D eigenvalue weighted by molar-refractivity contribution is 6.23. The number of fused-ring (bicyclic) bond motifs is 7. The van der Waals surface area contributed by atoms with Crippen LogP contribution in [0.25, 0.3) is 87.8 Å². The van der Waals surface area contributed by atoms with Gasteiger partial charge in [-0.2, -0.15) is 0 Å². The number of furan rings is 2. The molecule has 0 bridgehead atoms. The highest BCUT2D eigenvalue weighted by Crippen LogP contribution is 2.45. The van der Waals surface area contributed by atoms with Gasteiger partial charge in [0.2, 0.25) is 0 Å². The summed E-state index contributed by atoms with van der Waals surface area (Å²) in [7, 11) is 0. The minimum atomic E-state index is 0.869. The summed E-state index contributed by atoms with van der Waals surface area (Å²) in [5, 5.41) is 8.34. The van der Waals surface area contributed by atoms with Crippen molar-refractivity contribution in [3.63, 3.8) is 0 Å². The summed E-state index contributed by atoms with van der Waals surface area (Å²) in [6, 6.07) is 49.7. The maximum absolute atomic E-state index is 6.29. The van der Waals surface area contributed by atoms with Crippen LogP contribution in [0.2, 0.25) is 0 Å². The second-order valence-electron chi connectivity index (χ2n) is 10.8. The van der Waals surface area contributed by atoms with Crippen LogP contribution < -0.4 is 0 Å². The molecule has 0 aliphatic carbocycles. The van der Waals surface area contributed by atoms with Crippen molar-refractivity contribution in [2.75, 3.05) is 0 Å². The average molecular weight is 537 g/mol. The fourth-order valence-corrected chi connectivity index (χ4v) is 6.77. The van der Waals surface area contributed by atoms with Crippen molar-refractivity contribution in [2.45, 2.75) is 0 Å². The molecule has 0 atom stereocenters. The molecule has 9 rings (SSSR count). The van der Waals surface area contributed by atoms with Crippen molar-refractivity contribution < 1.29 is 8.83 Å². The fraction of sp³-hybridized carbons (Fsp3) is 0. The molecule has 7 aromatic carbocycles. The van der Waals surface area contributed by atoms with Gasteiger partial charge in [-0.25, -0.2) is 0 Å². The standard InChI is InChI=1S/C40H24O2/c1-2-9-26(10-3-1)37-29-11-4-6-13-31(29)38(32-14-7-5-12-30(32)37)27-19-17-25(18-20-27)28-15-8-16-35-39(28)40-33-23-24-41-34(33)21-22-36(40)42-35/h1-24H. The molecule has 0 radical (unpaired) electrons. The Balaban J connectivity index is 1.27. The molecule has 2 heterocycles. The Kier molecular flexibility index (Phi) is 4.93. The van der Waals surface area contributed by atoms with Crippen LogP contribution >= 0.6 is 0 Å². The van der Waals surface area contributed by atoms with Gasteiger partial charge in [-0.15, -0.1) is 0 Å². The zero-order valence-corrected chi connectivity index (χ0v) is 22.7. The molecule has 196 valence electrons. The van der Waals surface area contributed by atoms with Crippen LogP contribution in [0.15, 0.2) is 155 Å². The Morgan fingerprint density at radius 3 is 1.55 bits per heavy atom. The summed E-state index contributed by atoms with van der Waals surface area (Å²) >= 11 is 0. The van der Waals surface area contributed by atoms with Crippen molar-refractivity contribution in [1.82, 2.24) is 0 Å². The predicted molar refractivity (Wildman–Crippen MR) is 175 cm³/mol. The van der Waals surface area contributed by atoms with Gasteiger partial charge in [0, 0.05) is 16.2 Å². The van der Waals surface area contributed by atoms with Crippen molar-refractivity contribution in [1.29, 1.82) is 0 Å². The van der Waals surface area contributed by atoms with E-state index in [2.05, 4.69) is 115 Å². The molecule has 2 nitrogen and oxygen atoms in total. The lowest BCUT2D eigenvalue weighted by molar-refractivity contribution is 0.615. The molecule has 0 amide bonds. The first kappa shape index (κ1) is 23.1.